The first kappa shape index (κ1) is 28.8. The number of aromatic nitrogens is 3. The van der Waals surface area contributed by atoms with Crippen LogP contribution in [0.25, 0.3) is 56.1 Å². The van der Waals surface area contributed by atoms with E-state index in [1.165, 1.54) is 37.7 Å². The molecule has 2 aliphatic carbocycles. The second-order valence-corrected chi connectivity index (χ2v) is 13.5. The van der Waals surface area contributed by atoms with E-state index in [2.05, 4.69) is 61.5 Å². The molecule has 1 heterocycles. The van der Waals surface area contributed by atoms with Gasteiger partial charge >= 0.3 is 0 Å². The van der Waals surface area contributed by atoms with Crippen LogP contribution in [-0.4, -0.2) is 15.0 Å². The molecule has 0 N–H and O–H groups in total. The molecule has 2 aliphatic rings. The molecule has 5 nitrogen and oxygen atoms in total. The number of nitriles is 2. The monoisotopic (exact) mass is 607 g/mol. The van der Waals surface area contributed by atoms with Crippen LogP contribution in [0, 0.1) is 34.5 Å². The lowest BCUT2D eigenvalue weighted by Gasteiger charge is -2.38. The molecular formula is C42H33N5. The predicted molar refractivity (Wildman–Crippen MR) is 186 cm³/mol. The van der Waals surface area contributed by atoms with Gasteiger partial charge in [-0.1, -0.05) is 98.6 Å². The fourth-order valence-corrected chi connectivity index (χ4v) is 8.09. The second kappa shape index (κ2) is 11.6. The lowest BCUT2D eigenvalue weighted by molar-refractivity contribution is 0.232. The molecular weight excluding hydrogens is 574 g/mol. The second-order valence-electron chi connectivity index (χ2n) is 13.5. The smallest absolute Gasteiger partial charge is 0.164 e. The van der Waals surface area contributed by atoms with Crippen molar-refractivity contribution in [3.05, 3.63) is 126 Å². The molecule has 226 valence electrons. The molecule has 3 atom stereocenters. The molecule has 0 radical (unpaired) electrons. The minimum absolute atomic E-state index is 0.234. The van der Waals surface area contributed by atoms with Crippen LogP contribution >= 0.6 is 0 Å². The van der Waals surface area contributed by atoms with Gasteiger partial charge < -0.3 is 0 Å². The van der Waals surface area contributed by atoms with Crippen molar-refractivity contribution in [3.63, 3.8) is 0 Å². The predicted octanol–water partition coefficient (Wildman–Crippen LogP) is 9.90. The van der Waals surface area contributed by atoms with E-state index in [4.69, 9.17) is 15.0 Å². The zero-order chi connectivity index (χ0) is 32.0. The van der Waals surface area contributed by atoms with Crippen LogP contribution in [-0.2, 0) is 5.41 Å². The number of fused-ring (bicyclic) bond motifs is 3. The molecule has 0 saturated heterocycles. The number of hydrogen-bond donors (Lipinski definition) is 0. The van der Waals surface area contributed by atoms with Crippen molar-refractivity contribution >= 4 is 10.8 Å². The Bertz CT molecular complexity index is 2200. The van der Waals surface area contributed by atoms with Crippen LogP contribution in [0.1, 0.15) is 55.7 Å². The van der Waals surface area contributed by atoms with E-state index >= 15 is 0 Å². The molecule has 5 aromatic carbocycles. The summed E-state index contributed by atoms with van der Waals surface area (Å²) in [5, 5.41) is 21.8. The van der Waals surface area contributed by atoms with Gasteiger partial charge in [0.05, 0.1) is 23.3 Å². The Labute approximate surface area is 275 Å². The van der Waals surface area contributed by atoms with Gasteiger partial charge in [-0.25, -0.2) is 15.0 Å². The maximum atomic E-state index is 10.3. The zero-order valence-corrected chi connectivity index (χ0v) is 26.3. The summed E-state index contributed by atoms with van der Waals surface area (Å²) in [5.41, 5.74) is 7.14. The summed E-state index contributed by atoms with van der Waals surface area (Å²) in [6, 6.07) is 41.0. The van der Waals surface area contributed by atoms with Crippen LogP contribution in [0.3, 0.4) is 0 Å². The fourth-order valence-electron chi connectivity index (χ4n) is 8.09. The molecule has 0 amide bonds. The van der Waals surface area contributed by atoms with Crippen molar-refractivity contribution in [2.75, 3.05) is 0 Å². The van der Waals surface area contributed by atoms with E-state index < -0.39 is 0 Å². The Balaban J connectivity index is 1.19. The van der Waals surface area contributed by atoms with E-state index in [0.29, 0.717) is 28.6 Å². The third-order valence-corrected chi connectivity index (χ3v) is 10.4. The molecule has 8 rings (SSSR count). The Kier molecular flexibility index (Phi) is 7.12. The van der Waals surface area contributed by atoms with Gasteiger partial charge in [0.15, 0.2) is 17.5 Å². The average molecular weight is 608 g/mol. The third-order valence-electron chi connectivity index (χ3n) is 10.4. The van der Waals surface area contributed by atoms with Crippen LogP contribution in [0.4, 0.5) is 0 Å². The first-order valence-electron chi connectivity index (χ1n) is 16.4. The minimum atomic E-state index is 0.234. The third kappa shape index (κ3) is 5.35. The standard InChI is InChI=1S/C42H33N5/c1-42(23-28-9-10-29(21-28)24-42)35-18-15-31(16-19-35)36-20-17-33(22-34(36)26-44)40-45-39(32-13-11-27(25-43)12-14-32)46-41(47-40)38-8-4-6-30-5-2-3-7-37(30)38/h2-8,11-20,22,28-29H,9-10,21,23-24H2,1H3/t28-,29+,42?. The van der Waals surface area contributed by atoms with Gasteiger partial charge in [-0.05, 0) is 94.3 Å². The van der Waals surface area contributed by atoms with E-state index in [9.17, 15) is 10.5 Å². The molecule has 2 fully saturated rings. The highest BCUT2D eigenvalue weighted by molar-refractivity contribution is 5.95. The van der Waals surface area contributed by atoms with Crippen LogP contribution < -0.4 is 0 Å². The summed E-state index contributed by atoms with van der Waals surface area (Å²) in [7, 11) is 0. The number of benzene rings is 5. The Morgan fingerprint density at radius 2 is 1.26 bits per heavy atom. The zero-order valence-electron chi connectivity index (χ0n) is 26.3. The quantitative estimate of drug-likeness (QED) is 0.195. The lowest BCUT2D eigenvalue weighted by atomic mass is 9.66. The topological polar surface area (TPSA) is 86.2 Å². The number of nitrogens with zero attached hydrogens (tertiary/aromatic N) is 5. The Hall–Kier alpha value is -5.65. The molecule has 1 aromatic heterocycles. The molecule has 2 bridgehead atoms. The minimum Gasteiger partial charge on any atom is -0.208 e. The highest BCUT2D eigenvalue weighted by Crippen LogP contribution is 2.51. The van der Waals surface area contributed by atoms with Crippen molar-refractivity contribution in [2.24, 2.45) is 11.8 Å². The van der Waals surface area contributed by atoms with Crippen LogP contribution in [0.5, 0.6) is 0 Å². The Morgan fingerprint density at radius 3 is 1.98 bits per heavy atom. The van der Waals surface area contributed by atoms with Gasteiger partial charge in [-0.15, -0.1) is 0 Å². The summed E-state index contributed by atoms with van der Waals surface area (Å²) < 4.78 is 0. The van der Waals surface area contributed by atoms with Gasteiger partial charge in [0.25, 0.3) is 0 Å². The summed E-state index contributed by atoms with van der Waals surface area (Å²) >= 11 is 0. The van der Waals surface area contributed by atoms with Crippen molar-refractivity contribution < 1.29 is 0 Å². The van der Waals surface area contributed by atoms with E-state index in [-0.39, 0.29) is 5.41 Å². The summed E-state index contributed by atoms with van der Waals surface area (Å²) in [5.74, 6) is 3.27. The highest BCUT2D eigenvalue weighted by atomic mass is 15.0. The van der Waals surface area contributed by atoms with Gasteiger partial charge in [0.2, 0.25) is 0 Å². The average Bonchev–Trinajstić information content (AvgIpc) is 3.48. The van der Waals surface area contributed by atoms with Crippen molar-refractivity contribution in [3.8, 4) is 57.4 Å². The molecule has 0 spiro atoms. The van der Waals surface area contributed by atoms with Crippen molar-refractivity contribution in [1.29, 1.82) is 10.5 Å². The molecule has 47 heavy (non-hydrogen) atoms. The van der Waals surface area contributed by atoms with E-state index in [1.807, 2.05) is 54.6 Å². The maximum absolute atomic E-state index is 10.3. The summed E-state index contributed by atoms with van der Waals surface area (Å²) in [6.45, 7) is 2.44. The van der Waals surface area contributed by atoms with Crippen molar-refractivity contribution in [2.45, 2.75) is 44.4 Å². The summed E-state index contributed by atoms with van der Waals surface area (Å²) in [6.07, 6.45) is 6.73. The molecule has 6 aromatic rings. The summed E-state index contributed by atoms with van der Waals surface area (Å²) in [4.78, 5) is 14.8. The normalized spacial score (nSPS) is 20.1. The van der Waals surface area contributed by atoms with Gasteiger partial charge in [0, 0.05) is 16.7 Å². The number of rotatable bonds is 5. The Morgan fingerprint density at radius 1 is 0.617 bits per heavy atom. The maximum Gasteiger partial charge on any atom is 0.164 e. The largest absolute Gasteiger partial charge is 0.208 e. The SMILES string of the molecule is CC1(c2ccc(-c3ccc(-c4nc(-c5ccc(C#N)cc5)nc(-c5cccc6ccccc56)n4)cc3C#N)cc2)C[C@@H]2CC[C@@H](C2)C1. The molecule has 5 heteroatoms. The van der Waals surface area contributed by atoms with Gasteiger partial charge in [-0.2, -0.15) is 10.5 Å². The number of hydrogen-bond acceptors (Lipinski definition) is 5. The molecule has 2 saturated carbocycles. The van der Waals surface area contributed by atoms with Crippen molar-refractivity contribution in [1.82, 2.24) is 15.0 Å². The first-order chi connectivity index (χ1) is 23.0. The van der Waals surface area contributed by atoms with Crippen LogP contribution in [0.15, 0.2) is 109 Å². The van der Waals surface area contributed by atoms with E-state index in [0.717, 1.165) is 50.4 Å². The van der Waals surface area contributed by atoms with Gasteiger partial charge in [-0.3, -0.25) is 0 Å². The molecule has 0 aliphatic heterocycles. The first-order valence-corrected chi connectivity index (χ1v) is 16.4. The van der Waals surface area contributed by atoms with Gasteiger partial charge in [0.1, 0.15) is 0 Å². The lowest BCUT2D eigenvalue weighted by Crippen LogP contribution is -2.30. The van der Waals surface area contributed by atoms with Crippen LogP contribution in [0.2, 0.25) is 0 Å². The van der Waals surface area contributed by atoms with E-state index in [1.54, 1.807) is 12.1 Å². The fraction of sp³-hybridized carbons (Fsp3) is 0.214. The highest BCUT2D eigenvalue weighted by Gasteiger charge is 2.41. The molecule has 1 unspecified atom stereocenters.